The van der Waals surface area contributed by atoms with E-state index >= 15 is 0 Å². The minimum Gasteiger partial charge on any atom is -0.494 e. The molecule has 0 heterocycles. The van der Waals surface area contributed by atoms with E-state index in [1.54, 1.807) is 18.2 Å². The molecule has 0 radical (unpaired) electrons. The van der Waals surface area contributed by atoms with Crippen molar-refractivity contribution in [3.05, 3.63) is 63.6 Å². The van der Waals surface area contributed by atoms with Gasteiger partial charge in [0.15, 0.2) is 0 Å². The minimum absolute atomic E-state index is 0.496. The Morgan fingerprint density at radius 3 is 2.48 bits per heavy atom. The van der Waals surface area contributed by atoms with E-state index in [4.69, 9.17) is 27.9 Å². The van der Waals surface area contributed by atoms with Crippen molar-refractivity contribution in [3.63, 3.8) is 0 Å². The first-order valence-corrected chi connectivity index (χ1v) is 7.73. The summed E-state index contributed by atoms with van der Waals surface area (Å²) < 4.78 is 5.60. The molecule has 2 aromatic rings. The Morgan fingerprint density at radius 1 is 1.10 bits per heavy atom. The molecule has 2 rings (SSSR count). The van der Waals surface area contributed by atoms with E-state index in [1.807, 2.05) is 24.3 Å². The zero-order chi connectivity index (χ0) is 15.2. The minimum atomic E-state index is -0.805. The zero-order valence-corrected chi connectivity index (χ0v) is 13.4. The fourth-order valence-electron chi connectivity index (χ4n) is 1.98. The Balaban J connectivity index is 2.12. The van der Waals surface area contributed by atoms with E-state index in [9.17, 15) is 5.11 Å². The van der Waals surface area contributed by atoms with E-state index in [0.717, 1.165) is 24.2 Å². The molecule has 2 nitrogen and oxygen atoms in total. The summed E-state index contributed by atoms with van der Waals surface area (Å²) in [5.74, 6) is 0.802. The number of hydrogen-bond acceptors (Lipinski definition) is 2. The van der Waals surface area contributed by atoms with Crippen LogP contribution in [0.25, 0.3) is 0 Å². The number of aliphatic hydroxyl groups is 1. The number of hydrogen-bond donors (Lipinski definition) is 1. The molecule has 0 fully saturated rings. The van der Waals surface area contributed by atoms with Crippen LogP contribution in [0.4, 0.5) is 0 Å². The Hall–Kier alpha value is -1.22. The third-order valence-corrected chi connectivity index (χ3v) is 3.79. The molecule has 1 N–H and O–H groups in total. The molecule has 0 spiro atoms. The number of unbranched alkanes of at least 4 members (excludes halogenated alkanes) is 1. The average Bonchev–Trinajstić information content (AvgIpc) is 2.50. The van der Waals surface area contributed by atoms with Crippen LogP contribution in [0, 0.1) is 0 Å². The highest BCUT2D eigenvalue weighted by atomic mass is 35.5. The van der Waals surface area contributed by atoms with Crippen LogP contribution in [0.15, 0.2) is 42.5 Å². The predicted octanol–water partition coefficient (Wildman–Crippen LogP) is 5.25. The van der Waals surface area contributed by atoms with Gasteiger partial charge in [0, 0.05) is 15.6 Å². The fourth-order valence-corrected chi connectivity index (χ4v) is 2.39. The summed E-state index contributed by atoms with van der Waals surface area (Å²) >= 11 is 12.1. The van der Waals surface area contributed by atoms with Gasteiger partial charge >= 0.3 is 0 Å². The Labute approximate surface area is 135 Å². The first kappa shape index (κ1) is 16.2. The van der Waals surface area contributed by atoms with E-state index in [2.05, 4.69) is 6.92 Å². The topological polar surface area (TPSA) is 29.5 Å². The number of aliphatic hydroxyl groups excluding tert-OH is 1. The highest BCUT2D eigenvalue weighted by Crippen LogP contribution is 2.31. The SMILES string of the molecule is CCCCOc1ccc(C(O)c2cc(Cl)ccc2Cl)cc1. The maximum Gasteiger partial charge on any atom is 0.119 e. The highest BCUT2D eigenvalue weighted by Gasteiger charge is 2.14. The van der Waals surface area contributed by atoms with Crippen LogP contribution in [-0.4, -0.2) is 11.7 Å². The second kappa shape index (κ2) is 7.69. The van der Waals surface area contributed by atoms with Crippen molar-refractivity contribution in [3.8, 4) is 5.75 Å². The van der Waals surface area contributed by atoms with Crippen molar-refractivity contribution in [2.75, 3.05) is 6.61 Å². The van der Waals surface area contributed by atoms with Crippen molar-refractivity contribution in [1.82, 2.24) is 0 Å². The van der Waals surface area contributed by atoms with Crippen molar-refractivity contribution < 1.29 is 9.84 Å². The van der Waals surface area contributed by atoms with Gasteiger partial charge in [0.2, 0.25) is 0 Å². The first-order valence-electron chi connectivity index (χ1n) is 6.97. The van der Waals surface area contributed by atoms with E-state index in [0.29, 0.717) is 22.2 Å². The lowest BCUT2D eigenvalue weighted by Crippen LogP contribution is -2.01. The van der Waals surface area contributed by atoms with Gasteiger partial charge in [-0.2, -0.15) is 0 Å². The summed E-state index contributed by atoms with van der Waals surface area (Å²) in [5, 5.41) is 11.5. The van der Waals surface area contributed by atoms with E-state index in [1.165, 1.54) is 0 Å². The van der Waals surface area contributed by atoms with Gasteiger partial charge in [-0.05, 0) is 42.3 Å². The molecule has 0 aliphatic heterocycles. The summed E-state index contributed by atoms with van der Waals surface area (Å²) in [7, 11) is 0. The standard InChI is InChI=1S/C17H18Cl2O2/c1-2-3-10-21-14-7-4-12(5-8-14)17(20)15-11-13(18)6-9-16(15)19/h4-9,11,17,20H,2-3,10H2,1H3. The Kier molecular flexibility index (Phi) is 5.92. The zero-order valence-electron chi connectivity index (χ0n) is 11.9. The molecule has 0 bridgehead atoms. The third-order valence-electron chi connectivity index (χ3n) is 3.22. The molecule has 1 unspecified atom stereocenters. The quantitative estimate of drug-likeness (QED) is 0.735. The molecular formula is C17H18Cl2O2. The molecule has 0 aliphatic carbocycles. The summed E-state index contributed by atoms with van der Waals surface area (Å²) in [6.45, 7) is 2.83. The van der Waals surface area contributed by atoms with Crippen molar-refractivity contribution in [2.24, 2.45) is 0 Å². The average molecular weight is 325 g/mol. The van der Waals surface area contributed by atoms with Gasteiger partial charge in [0.05, 0.1) is 6.61 Å². The van der Waals surface area contributed by atoms with Crippen LogP contribution in [0.3, 0.4) is 0 Å². The summed E-state index contributed by atoms with van der Waals surface area (Å²) in [6, 6.07) is 12.4. The smallest absolute Gasteiger partial charge is 0.119 e. The summed E-state index contributed by atoms with van der Waals surface area (Å²) in [6.07, 6.45) is 1.33. The van der Waals surface area contributed by atoms with Crippen LogP contribution in [-0.2, 0) is 0 Å². The van der Waals surface area contributed by atoms with Gasteiger partial charge in [-0.25, -0.2) is 0 Å². The summed E-state index contributed by atoms with van der Waals surface area (Å²) in [4.78, 5) is 0. The fraction of sp³-hybridized carbons (Fsp3) is 0.294. The maximum absolute atomic E-state index is 10.4. The maximum atomic E-state index is 10.4. The van der Waals surface area contributed by atoms with Crippen molar-refractivity contribution in [2.45, 2.75) is 25.9 Å². The van der Waals surface area contributed by atoms with Gasteiger partial charge in [-0.15, -0.1) is 0 Å². The number of ether oxygens (including phenoxy) is 1. The second-order valence-electron chi connectivity index (χ2n) is 4.84. The molecule has 0 aromatic heterocycles. The number of halogens is 2. The predicted molar refractivity (Wildman–Crippen MR) is 87.4 cm³/mol. The second-order valence-corrected chi connectivity index (χ2v) is 5.68. The molecule has 0 saturated heterocycles. The number of benzene rings is 2. The van der Waals surface area contributed by atoms with Crippen molar-refractivity contribution >= 4 is 23.2 Å². The van der Waals surface area contributed by atoms with Crippen LogP contribution in [0.1, 0.15) is 37.0 Å². The first-order chi connectivity index (χ1) is 10.1. The normalized spacial score (nSPS) is 12.2. The highest BCUT2D eigenvalue weighted by molar-refractivity contribution is 6.33. The number of rotatable bonds is 6. The Morgan fingerprint density at radius 2 is 1.81 bits per heavy atom. The molecule has 0 saturated carbocycles. The Bertz CT molecular complexity index is 582. The van der Waals surface area contributed by atoms with E-state index < -0.39 is 6.10 Å². The van der Waals surface area contributed by atoms with Crippen molar-refractivity contribution in [1.29, 1.82) is 0 Å². The van der Waals surface area contributed by atoms with Crippen LogP contribution in [0.5, 0.6) is 5.75 Å². The lowest BCUT2D eigenvalue weighted by molar-refractivity contribution is 0.220. The van der Waals surface area contributed by atoms with Gasteiger partial charge in [-0.3, -0.25) is 0 Å². The third kappa shape index (κ3) is 4.37. The molecule has 4 heteroatoms. The van der Waals surface area contributed by atoms with Gasteiger partial charge in [0.1, 0.15) is 11.9 Å². The largest absolute Gasteiger partial charge is 0.494 e. The monoisotopic (exact) mass is 324 g/mol. The molecule has 1 atom stereocenters. The molecular weight excluding hydrogens is 307 g/mol. The lowest BCUT2D eigenvalue weighted by atomic mass is 10.0. The van der Waals surface area contributed by atoms with Gasteiger partial charge < -0.3 is 9.84 Å². The molecule has 21 heavy (non-hydrogen) atoms. The van der Waals surface area contributed by atoms with Gasteiger partial charge in [-0.1, -0.05) is 48.7 Å². The summed E-state index contributed by atoms with van der Waals surface area (Å²) in [5.41, 5.74) is 1.35. The molecule has 0 aliphatic rings. The molecule has 112 valence electrons. The molecule has 2 aromatic carbocycles. The van der Waals surface area contributed by atoms with Crippen LogP contribution in [0.2, 0.25) is 10.0 Å². The lowest BCUT2D eigenvalue weighted by Gasteiger charge is -2.14. The van der Waals surface area contributed by atoms with Gasteiger partial charge in [0.25, 0.3) is 0 Å². The molecule has 0 amide bonds. The van der Waals surface area contributed by atoms with E-state index in [-0.39, 0.29) is 0 Å². The van der Waals surface area contributed by atoms with Crippen LogP contribution >= 0.6 is 23.2 Å². The van der Waals surface area contributed by atoms with Crippen LogP contribution < -0.4 is 4.74 Å².